The Balaban J connectivity index is 2.81. The predicted molar refractivity (Wildman–Crippen MR) is 65.1 cm³/mol. The minimum Gasteiger partial charge on any atom is -0.475 e. The van der Waals surface area contributed by atoms with Gasteiger partial charge >= 0.3 is 5.97 Å². The molecule has 0 spiro atoms. The number of hydrogen-bond acceptors (Lipinski definition) is 4. The van der Waals surface area contributed by atoms with Gasteiger partial charge in [0.2, 0.25) is 15.8 Å². The van der Waals surface area contributed by atoms with Gasteiger partial charge in [-0.25, -0.2) is 17.9 Å². The van der Waals surface area contributed by atoms with E-state index in [2.05, 4.69) is 4.72 Å². The number of unbranched alkanes of at least 4 members (excludes halogenated alkanes) is 2. The molecule has 0 fully saturated rings. The Labute approximate surface area is 106 Å². The van der Waals surface area contributed by atoms with Gasteiger partial charge in [-0.1, -0.05) is 19.8 Å². The van der Waals surface area contributed by atoms with Crippen molar-refractivity contribution in [2.75, 3.05) is 6.54 Å². The summed E-state index contributed by atoms with van der Waals surface area (Å²) in [5.74, 6) is -1.58. The molecule has 2 N–H and O–H groups in total. The van der Waals surface area contributed by atoms with Crippen molar-refractivity contribution >= 4 is 16.0 Å². The molecule has 1 aromatic rings. The van der Waals surface area contributed by atoms with Crippen LogP contribution in [0.3, 0.4) is 0 Å². The van der Waals surface area contributed by atoms with Crippen molar-refractivity contribution in [1.29, 1.82) is 0 Å². The molecule has 0 radical (unpaired) electrons. The van der Waals surface area contributed by atoms with E-state index in [1.165, 1.54) is 6.92 Å². The molecular weight excluding hydrogens is 258 g/mol. The van der Waals surface area contributed by atoms with Crippen LogP contribution in [0.1, 0.15) is 42.5 Å². The Morgan fingerprint density at radius 3 is 2.61 bits per heavy atom. The van der Waals surface area contributed by atoms with E-state index in [4.69, 9.17) is 9.52 Å². The first kappa shape index (κ1) is 14.7. The molecule has 0 aromatic carbocycles. The second-order valence-electron chi connectivity index (χ2n) is 3.94. The predicted octanol–water partition coefficient (Wildman–Crippen LogP) is 1.75. The highest BCUT2D eigenvalue weighted by Gasteiger charge is 2.23. The third kappa shape index (κ3) is 3.58. The molecule has 0 aliphatic rings. The SMILES string of the molecule is CCCCCNS(=O)(=O)c1cc(C(=O)O)oc1C. The van der Waals surface area contributed by atoms with Gasteiger partial charge in [-0.05, 0) is 13.3 Å². The molecule has 0 unspecified atom stereocenters. The zero-order valence-electron chi connectivity index (χ0n) is 10.4. The first-order valence-electron chi connectivity index (χ1n) is 5.72. The van der Waals surface area contributed by atoms with Gasteiger partial charge in [0.15, 0.2) is 0 Å². The maximum absolute atomic E-state index is 11.9. The number of rotatable bonds is 7. The average molecular weight is 275 g/mol. The van der Waals surface area contributed by atoms with Crippen LogP contribution >= 0.6 is 0 Å². The summed E-state index contributed by atoms with van der Waals surface area (Å²) in [7, 11) is -3.69. The van der Waals surface area contributed by atoms with Gasteiger partial charge in [0.25, 0.3) is 0 Å². The standard InChI is InChI=1S/C11H17NO5S/c1-3-4-5-6-12-18(15,16)10-7-9(11(13)14)17-8(10)2/h7,12H,3-6H2,1-2H3,(H,13,14). The molecule has 18 heavy (non-hydrogen) atoms. The van der Waals surface area contributed by atoms with E-state index in [0.29, 0.717) is 6.54 Å². The fourth-order valence-corrected chi connectivity index (χ4v) is 2.75. The van der Waals surface area contributed by atoms with Crippen LogP contribution < -0.4 is 4.72 Å². The van der Waals surface area contributed by atoms with E-state index in [1.54, 1.807) is 0 Å². The smallest absolute Gasteiger partial charge is 0.371 e. The molecule has 6 nitrogen and oxygen atoms in total. The van der Waals surface area contributed by atoms with Crippen molar-refractivity contribution in [3.05, 3.63) is 17.6 Å². The fourth-order valence-electron chi connectivity index (χ4n) is 1.50. The summed E-state index contributed by atoms with van der Waals surface area (Å²) in [5.41, 5.74) is 0. The fraction of sp³-hybridized carbons (Fsp3) is 0.545. The zero-order chi connectivity index (χ0) is 13.8. The topological polar surface area (TPSA) is 96.6 Å². The van der Waals surface area contributed by atoms with Crippen LogP contribution in [-0.4, -0.2) is 26.0 Å². The number of carbonyl (C=O) groups is 1. The molecule has 1 rings (SSSR count). The van der Waals surface area contributed by atoms with Crippen molar-refractivity contribution in [1.82, 2.24) is 4.72 Å². The molecule has 0 aliphatic heterocycles. The zero-order valence-corrected chi connectivity index (χ0v) is 11.2. The Hall–Kier alpha value is -1.34. The molecular formula is C11H17NO5S. The summed E-state index contributed by atoms with van der Waals surface area (Å²) < 4.78 is 31.1. The number of carboxylic acid groups (broad SMARTS) is 1. The van der Waals surface area contributed by atoms with E-state index < -0.39 is 16.0 Å². The summed E-state index contributed by atoms with van der Waals surface area (Å²) in [6.45, 7) is 3.78. The molecule has 7 heteroatoms. The number of aromatic carboxylic acids is 1. The number of nitrogens with one attached hydrogen (secondary N) is 1. The van der Waals surface area contributed by atoms with Crippen LogP contribution in [0.2, 0.25) is 0 Å². The Kier molecular flexibility index (Phi) is 4.92. The van der Waals surface area contributed by atoms with Crippen LogP contribution in [0.25, 0.3) is 0 Å². The monoisotopic (exact) mass is 275 g/mol. The van der Waals surface area contributed by atoms with Gasteiger partial charge in [0.1, 0.15) is 10.7 Å². The Morgan fingerprint density at radius 2 is 2.11 bits per heavy atom. The van der Waals surface area contributed by atoms with Gasteiger partial charge in [0, 0.05) is 12.6 Å². The first-order valence-corrected chi connectivity index (χ1v) is 7.20. The number of furan rings is 1. The maximum atomic E-state index is 11.9. The Morgan fingerprint density at radius 1 is 1.44 bits per heavy atom. The summed E-state index contributed by atoms with van der Waals surface area (Å²) >= 11 is 0. The van der Waals surface area contributed by atoms with Crippen LogP contribution in [0, 0.1) is 6.92 Å². The largest absolute Gasteiger partial charge is 0.475 e. The van der Waals surface area contributed by atoms with Gasteiger partial charge in [-0.15, -0.1) is 0 Å². The first-order chi connectivity index (χ1) is 8.38. The van der Waals surface area contributed by atoms with Crippen molar-refractivity contribution in [2.24, 2.45) is 0 Å². The van der Waals surface area contributed by atoms with Crippen molar-refractivity contribution in [3.63, 3.8) is 0 Å². The van der Waals surface area contributed by atoms with Gasteiger partial charge in [0.05, 0.1) is 0 Å². The lowest BCUT2D eigenvalue weighted by molar-refractivity contribution is 0.0661. The molecule has 0 atom stereocenters. The van der Waals surface area contributed by atoms with E-state index >= 15 is 0 Å². The molecule has 0 bridgehead atoms. The van der Waals surface area contributed by atoms with E-state index in [-0.39, 0.29) is 16.4 Å². The summed E-state index contributed by atoms with van der Waals surface area (Å²) in [5, 5.41) is 8.73. The number of carboxylic acids is 1. The van der Waals surface area contributed by atoms with Crippen molar-refractivity contribution in [3.8, 4) is 0 Å². The second-order valence-corrected chi connectivity index (χ2v) is 5.68. The highest BCUT2D eigenvalue weighted by molar-refractivity contribution is 7.89. The second kappa shape index (κ2) is 6.01. The molecule has 0 aliphatic carbocycles. The molecule has 0 amide bonds. The Bertz CT molecular complexity index is 518. The van der Waals surface area contributed by atoms with E-state index in [0.717, 1.165) is 25.3 Å². The summed E-state index contributed by atoms with van der Waals surface area (Å²) in [6, 6.07) is 1.03. The van der Waals surface area contributed by atoms with Crippen LogP contribution in [-0.2, 0) is 10.0 Å². The van der Waals surface area contributed by atoms with E-state index in [9.17, 15) is 13.2 Å². The quantitative estimate of drug-likeness (QED) is 0.739. The number of sulfonamides is 1. The third-order valence-corrected chi connectivity index (χ3v) is 4.01. The minimum absolute atomic E-state index is 0.0791. The van der Waals surface area contributed by atoms with Crippen LogP contribution in [0.5, 0.6) is 0 Å². The third-order valence-electron chi connectivity index (χ3n) is 2.44. The molecule has 102 valence electrons. The summed E-state index contributed by atoms with van der Waals surface area (Å²) in [4.78, 5) is 10.6. The molecule has 0 saturated heterocycles. The van der Waals surface area contributed by atoms with Gasteiger partial charge in [-0.3, -0.25) is 0 Å². The highest BCUT2D eigenvalue weighted by atomic mass is 32.2. The van der Waals surface area contributed by atoms with E-state index in [1.807, 2.05) is 6.92 Å². The van der Waals surface area contributed by atoms with Crippen LogP contribution in [0.15, 0.2) is 15.4 Å². The van der Waals surface area contributed by atoms with Crippen molar-refractivity contribution < 1.29 is 22.7 Å². The molecule has 1 aromatic heterocycles. The highest BCUT2D eigenvalue weighted by Crippen LogP contribution is 2.19. The lowest BCUT2D eigenvalue weighted by Crippen LogP contribution is -2.25. The normalized spacial score (nSPS) is 11.7. The van der Waals surface area contributed by atoms with Gasteiger partial charge < -0.3 is 9.52 Å². The van der Waals surface area contributed by atoms with Crippen LogP contribution in [0.4, 0.5) is 0 Å². The number of aryl methyl sites for hydroxylation is 1. The lowest BCUT2D eigenvalue weighted by atomic mass is 10.3. The van der Waals surface area contributed by atoms with Gasteiger partial charge in [-0.2, -0.15) is 0 Å². The number of hydrogen-bond donors (Lipinski definition) is 2. The minimum atomic E-state index is -3.69. The lowest BCUT2D eigenvalue weighted by Gasteiger charge is -2.04. The molecule has 0 saturated carbocycles. The van der Waals surface area contributed by atoms with Crippen molar-refractivity contribution in [2.45, 2.75) is 38.0 Å². The average Bonchev–Trinajstić information content (AvgIpc) is 2.68. The maximum Gasteiger partial charge on any atom is 0.371 e. The summed E-state index contributed by atoms with van der Waals surface area (Å²) in [6.07, 6.45) is 2.68. The molecule has 1 heterocycles.